The number of halogens is 2. The zero-order valence-corrected chi connectivity index (χ0v) is 16.6. The van der Waals surface area contributed by atoms with Crippen LogP contribution in [0.25, 0.3) is 0 Å². The average molecular weight is 447 g/mol. The highest BCUT2D eigenvalue weighted by Gasteiger charge is 2.20. The maximum Gasteiger partial charge on any atom is 0.193 e. The molecule has 7 heteroatoms. The van der Waals surface area contributed by atoms with Crippen molar-refractivity contribution >= 4 is 35.6 Å². The van der Waals surface area contributed by atoms with Gasteiger partial charge in [0.1, 0.15) is 5.82 Å². The summed E-state index contributed by atoms with van der Waals surface area (Å²) in [5.74, 6) is 0.809. The number of nitrogens with one attached hydrogen (secondary N) is 1. The minimum Gasteiger partial charge on any atom is -0.368 e. The van der Waals surface area contributed by atoms with E-state index in [9.17, 15) is 4.39 Å². The number of anilines is 1. The van der Waals surface area contributed by atoms with Crippen molar-refractivity contribution in [3.05, 3.63) is 30.1 Å². The molecular weight excluding hydrogens is 420 g/mol. The number of rotatable bonds is 4. The van der Waals surface area contributed by atoms with Crippen molar-refractivity contribution in [2.24, 2.45) is 4.99 Å². The zero-order chi connectivity index (χ0) is 16.1. The van der Waals surface area contributed by atoms with E-state index in [-0.39, 0.29) is 29.8 Å². The lowest BCUT2D eigenvalue weighted by molar-refractivity contribution is 0.184. The van der Waals surface area contributed by atoms with Gasteiger partial charge in [-0.2, -0.15) is 0 Å². The first-order chi connectivity index (χ1) is 11.3. The molecule has 1 aromatic carbocycles. The Bertz CT molecular complexity index is 524. The van der Waals surface area contributed by atoms with E-state index in [0.29, 0.717) is 0 Å². The molecule has 0 aliphatic carbocycles. The van der Waals surface area contributed by atoms with Gasteiger partial charge in [-0.25, -0.2) is 4.39 Å². The van der Waals surface area contributed by atoms with Crippen molar-refractivity contribution in [1.82, 2.24) is 15.1 Å². The molecule has 1 N–H and O–H groups in total. The van der Waals surface area contributed by atoms with Crippen molar-refractivity contribution in [2.75, 3.05) is 64.3 Å². The van der Waals surface area contributed by atoms with Crippen LogP contribution in [-0.2, 0) is 0 Å². The van der Waals surface area contributed by atoms with Crippen LogP contribution in [-0.4, -0.2) is 75.2 Å². The van der Waals surface area contributed by atoms with Crippen molar-refractivity contribution in [1.29, 1.82) is 0 Å². The summed E-state index contributed by atoms with van der Waals surface area (Å²) in [6, 6.07) is 6.76. The van der Waals surface area contributed by atoms with E-state index >= 15 is 0 Å². The van der Waals surface area contributed by atoms with Gasteiger partial charge in [0.25, 0.3) is 0 Å². The molecule has 0 bridgehead atoms. The summed E-state index contributed by atoms with van der Waals surface area (Å²) in [5.41, 5.74) is 1.09. The van der Waals surface area contributed by atoms with Gasteiger partial charge in [0, 0.05) is 52.0 Å². The molecule has 24 heavy (non-hydrogen) atoms. The molecule has 134 valence electrons. The molecule has 0 unspecified atom stereocenters. The van der Waals surface area contributed by atoms with Gasteiger partial charge in [-0.1, -0.05) is 0 Å². The second-order valence-electron chi connectivity index (χ2n) is 6.12. The Morgan fingerprint density at radius 2 is 1.75 bits per heavy atom. The smallest absolute Gasteiger partial charge is 0.193 e. The molecule has 2 heterocycles. The first-order valence-electron chi connectivity index (χ1n) is 8.45. The van der Waals surface area contributed by atoms with Gasteiger partial charge < -0.3 is 20.0 Å². The Morgan fingerprint density at radius 3 is 2.29 bits per heavy atom. The SMILES string of the molecule is CN=C(NCCN1CCC1)N1CCN(c2ccc(F)cc2)CC1.I. The summed E-state index contributed by atoms with van der Waals surface area (Å²) in [4.78, 5) is 11.5. The third-order valence-corrected chi connectivity index (χ3v) is 4.64. The van der Waals surface area contributed by atoms with Gasteiger partial charge >= 0.3 is 0 Å². The molecule has 0 saturated carbocycles. The Morgan fingerprint density at radius 1 is 1.08 bits per heavy atom. The summed E-state index contributed by atoms with van der Waals surface area (Å²) in [5, 5.41) is 3.47. The third-order valence-electron chi connectivity index (χ3n) is 4.64. The van der Waals surface area contributed by atoms with Crippen LogP contribution in [0.3, 0.4) is 0 Å². The largest absolute Gasteiger partial charge is 0.368 e. The minimum atomic E-state index is -0.181. The zero-order valence-electron chi connectivity index (χ0n) is 14.2. The first kappa shape index (κ1) is 19.2. The normalized spacial score (nSPS) is 18.8. The standard InChI is InChI=1S/C17H26FN5.HI/c1-19-17(20-7-10-21-8-2-9-21)23-13-11-22(12-14-23)16-5-3-15(18)4-6-16;/h3-6H,2,7-14H2,1H3,(H,19,20);1H. The van der Waals surface area contributed by atoms with E-state index in [1.54, 1.807) is 0 Å². The van der Waals surface area contributed by atoms with E-state index in [1.165, 1.54) is 31.6 Å². The van der Waals surface area contributed by atoms with Crippen LogP contribution in [0.15, 0.2) is 29.3 Å². The van der Waals surface area contributed by atoms with Gasteiger partial charge in [-0.15, -0.1) is 24.0 Å². The van der Waals surface area contributed by atoms with Gasteiger partial charge in [0.05, 0.1) is 0 Å². The number of hydrogen-bond acceptors (Lipinski definition) is 3. The van der Waals surface area contributed by atoms with Crippen LogP contribution < -0.4 is 10.2 Å². The molecule has 0 radical (unpaired) electrons. The van der Waals surface area contributed by atoms with E-state index < -0.39 is 0 Å². The van der Waals surface area contributed by atoms with Crippen LogP contribution in [0, 0.1) is 5.82 Å². The fraction of sp³-hybridized carbons (Fsp3) is 0.588. The van der Waals surface area contributed by atoms with Crippen LogP contribution in [0.5, 0.6) is 0 Å². The second-order valence-corrected chi connectivity index (χ2v) is 6.12. The number of aliphatic imine (C=N–C) groups is 1. The number of piperazine rings is 1. The third kappa shape index (κ3) is 4.95. The van der Waals surface area contributed by atoms with Gasteiger partial charge in [-0.05, 0) is 43.8 Å². The number of hydrogen-bond donors (Lipinski definition) is 1. The molecule has 0 atom stereocenters. The van der Waals surface area contributed by atoms with Crippen molar-refractivity contribution in [3.8, 4) is 0 Å². The lowest BCUT2D eigenvalue weighted by Crippen LogP contribution is -2.53. The summed E-state index contributed by atoms with van der Waals surface area (Å²) >= 11 is 0. The van der Waals surface area contributed by atoms with E-state index in [0.717, 1.165) is 50.9 Å². The molecule has 3 rings (SSSR count). The molecule has 0 amide bonds. The molecule has 0 spiro atoms. The highest BCUT2D eigenvalue weighted by atomic mass is 127. The quantitative estimate of drug-likeness (QED) is 0.434. The maximum absolute atomic E-state index is 13.0. The van der Waals surface area contributed by atoms with Crippen LogP contribution in [0.1, 0.15) is 6.42 Å². The fourth-order valence-corrected chi connectivity index (χ4v) is 3.09. The lowest BCUT2D eigenvalue weighted by Gasteiger charge is -2.38. The highest BCUT2D eigenvalue weighted by molar-refractivity contribution is 14.0. The predicted octanol–water partition coefficient (Wildman–Crippen LogP) is 1.85. The van der Waals surface area contributed by atoms with Gasteiger partial charge in [0.2, 0.25) is 0 Å². The minimum absolute atomic E-state index is 0. The molecule has 5 nitrogen and oxygen atoms in total. The molecule has 2 aliphatic heterocycles. The Kier molecular flexibility index (Phi) is 7.54. The van der Waals surface area contributed by atoms with E-state index in [1.807, 2.05) is 19.2 Å². The Balaban J connectivity index is 0.00000208. The maximum atomic E-state index is 13.0. The summed E-state index contributed by atoms with van der Waals surface area (Å²) in [6.45, 7) is 8.23. The van der Waals surface area contributed by atoms with E-state index in [4.69, 9.17) is 0 Å². The summed E-state index contributed by atoms with van der Waals surface area (Å²) in [6.07, 6.45) is 1.33. The van der Waals surface area contributed by atoms with Crippen molar-refractivity contribution in [2.45, 2.75) is 6.42 Å². The lowest BCUT2D eigenvalue weighted by atomic mass is 10.2. The molecule has 2 saturated heterocycles. The first-order valence-corrected chi connectivity index (χ1v) is 8.45. The topological polar surface area (TPSA) is 34.1 Å². The number of guanidine groups is 1. The van der Waals surface area contributed by atoms with Gasteiger partial charge in [0.15, 0.2) is 5.96 Å². The predicted molar refractivity (Wildman–Crippen MR) is 108 cm³/mol. The fourth-order valence-electron chi connectivity index (χ4n) is 3.09. The molecule has 2 fully saturated rings. The highest BCUT2D eigenvalue weighted by Crippen LogP contribution is 2.16. The summed E-state index contributed by atoms with van der Waals surface area (Å²) in [7, 11) is 1.85. The molecular formula is C17H27FIN5. The van der Waals surface area contributed by atoms with E-state index in [2.05, 4.69) is 25.0 Å². The van der Waals surface area contributed by atoms with Crippen molar-refractivity contribution < 1.29 is 4.39 Å². The van der Waals surface area contributed by atoms with Crippen LogP contribution in [0.2, 0.25) is 0 Å². The molecule has 0 aromatic heterocycles. The molecule has 1 aromatic rings. The Labute approximate surface area is 160 Å². The monoisotopic (exact) mass is 447 g/mol. The van der Waals surface area contributed by atoms with Gasteiger partial charge in [-0.3, -0.25) is 4.99 Å². The van der Waals surface area contributed by atoms with Crippen LogP contribution in [0.4, 0.5) is 10.1 Å². The molecule has 2 aliphatic rings. The summed E-state index contributed by atoms with van der Waals surface area (Å²) < 4.78 is 13.0. The number of nitrogens with zero attached hydrogens (tertiary/aromatic N) is 4. The van der Waals surface area contributed by atoms with Crippen LogP contribution >= 0.6 is 24.0 Å². The second kappa shape index (κ2) is 9.41. The Hall–Kier alpha value is -1.09. The van der Waals surface area contributed by atoms with Crippen molar-refractivity contribution in [3.63, 3.8) is 0 Å². The number of likely N-dealkylation sites (tertiary alicyclic amines) is 1. The average Bonchev–Trinajstić information content (AvgIpc) is 2.54. The number of benzene rings is 1.